The molecule has 0 atom stereocenters. The van der Waals surface area contributed by atoms with Crippen molar-refractivity contribution in [2.45, 2.75) is 6.92 Å². The number of hydrogen-bond acceptors (Lipinski definition) is 4. The summed E-state index contributed by atoms with van der Waals surface area (Å²) in [5.41, 5.74) is 2.67. The average molecular weight is 286 g/mol. The van der Waals surface area contributed by atoms with E-state index in [0.717, 1.165) is 31.9 Å². The molecule has 0 spiro atoms. The minimum Gasteiger partial charge on any atom is -0.369 e. The first-order chi connectivity index (χ1) is 10.2. The Morgan fingerprint density at radius 3 is 2.48 bits per heavy atom. The first-order valence-corrected chi connectivity index (χ1v) is 7.18. The van der Waals surface area contributed by atoms with Gasteiger partial charge in [0.1, 0.15) is 5.82 Å². The Morgan fingerprint density at radius 1 is 1.10 bits per heavy atom. The van der Waals surface area contributed by atoms with Crippen LogP contribution < -0.4 is 15.5 Å². The highest BCUT2D eigenvalue weighted by atomic mass is 19.1. The molecule has 110 valence electrons. The van der Waals surface area contributed by atoms with Gasteiger partial charge in [-0.25, -0.2) is 4.98 Å². The predicted octanol–water partition coefficient (Wildman–Crippen LogP) is 2.68. The highest BCUT2D eigenvalue weighted by molar-refractivity contribution is 5.61. The molecule has 2 heterocycles. The van der Waals surface area contributed by atoms with Crippen LogP contribution in [-0.4, -0.2) is 31.2 Å². The van der Waals surface area contributed by atoms with Gasteiger partial charge in [-0.15, -0.1) is 0 Å². The number of piperazine rings is 1. The van der Waals surface area contributed by atoms with E-state index in [9.17, 15) is 4.39 Å². The van der Waals surface area contributed by atoms with Gasteiger partial charge in [0.05, 0.1) is 0 Å². The summed E-state index contributed by atoms with van der Waals surface area (Å²) in [4.78, 5) is 6.24. The van der Waals surface area contributed by atoms with Crippen molar-refractivity contribution in [3.05, 3.63) is 47.9 Å². The number of halogens is 1. The van der Waals surface area contributed by atoms with Gasteiger partial charge >= 0.3 is 0 Å². The summed E-state index contributed by atoms with van der Waals surface area (Å²) in [6.45, 7) is 5.79. The molecule has 5 heteroatoms. The molecule has 1 aliphatic rings. The van der Waals surface area contributed by atoms with Gasteiger partial charge in [-0.2, -0.15) is 4.39 Å². The third kappa shape index (κ3) is 3.31. The van der Waals surface area contributed by atoms with Crippen molar-refractivity contribution in [3.63, 3.8) is 0 Å². The molecule has 0 aliphatic carbocycles. The lowest BCUT2D eigenvalue weighted by molar-refractivity contribution is 0.576. The van der Waals surface area contributed by atoms with Crippen LogP contribution in [0.4, 0.5) is 21.6 Å². The maximum atomic E-state index is 13.4. The zero-order valence-electron chi connectivity index (χ0n) is 12.1. The Labute approximate surface area is 124 Å². The number of hydrogen-bond donors (Lipinski definition) is 2. The van der Waals surface area contributed by atoms with Crippen molar-refractivity contribution in [2.24, 2.45) is 0 Å². The van der Waals surface area contributed by atoms with Crippen LogP contribution in [0, 0.1) is 12.9 Å². The zero-order chi connectivity index (χ0) is 14.7. The molecule has 0 bridgehead atoms. The molecule has 0 amide bonds. The number of aryl methyl sites for hydroxylation is 1. The third-order valence-electron chi connectivity index (χ3n) is 3.66. The molecule has 1 fully saturated rings. The molecule has 21 heavy (non-hydrogen) atoms. The van der Waals surface area contributed by atoms with Gasteiger partial charge in [0.15, 0.2) is 0 Å². The maximum absolute atomic E-state index is 13.4. The number of aromatic nitrogens is 1. The summed E-state index contributed by atoms with van der Waals surface area (Å²) < 4.78 is 13.4. The second-order valence-electron chi connectivity index (χ2n) is 5.21. The molecule has 0 saturated carbocycles. The van der Waals surface area contributed by atoms with E-state index in [0.29, 0.717) is 11.4 Å². The highest BCUT2D eigenvalue weighted by Gasteiger charge is 2.10. The fraction of sp³-hybridized carbons (Fsp3) is 0.312. The Hall–Kier alpha value is -2.14. The fourth-order valence-corrected chi connectivity index (χ4v) is 2.40. The number of rotatable bonds is 3. The zero-order valence-corrected chi connectivity index (χ0v) is 12.1. The SMILES string of the molecule is Cc1ccc(Nc2ccc(N3CCNCC3)cc2)nc1F. The summed E-state index contributed by atoms with van der Waals surface area (Å²) in [7, 11) is 0. The second kappa shape index (κ2) is 6.10. The van der Waals surface area contributed by atoms with E-state index in [1.807, 2.05) is 12.1 Å². The Balaban J connectivity index is 1.70. The quantitative estimate of drug-likeness (QED) is 0.851. The summed E-state index contributed by atoms with van der Waals surface area (Å²) in [6.07, 6.45) is 0. The average Bonchev–Trinajstić information content (AvgIpc) is 2.53. The lowest BCUT2D eigenvalue weighted by atomic mass is 10.2. The lowest BCUT2D eigenvalue weighted by Crippen LogP contribution is -2.43. The molecule has 1 aliphatic heterocycles. The lowest BCUT2D eigenvalue weighted by Gasteiger charge is -2.29. The predicted molar refractivity (Wildman–Crippen MR) is 83.7 cm³/mol. The first-order valence-electron chi connectivity index (χ1n) is 7.18. The van der Waals surface area contributed by atoms with Crippen LogP contribution in [0.2, 0.25) is 0 Å². The van der Waals surface area contributed by atoms with Crippen LogP contribution >= 0.6 is 0 Å². The normalized spacial score (nSPS) is 15.0. The molecule has 1 aromatic carbocycles. The largest absolute Gasteiger partial charge is 0.369 e. The van der Waals surface area contributed by atoms with Crippen LogP contribution in [0.5, 0.6) is 0 Å². The van der Waals surface area contributed by atoms with Crippen molar-refractivity contribution in [2.75, 3.05) is 36.4 Å². The van der Waals surface area contributed by atoms with Crippen LogP contribution in [-0.2, 0) is 0 Å². The van der Waals surface area contributed by atoms with Crippen LogP contribution in [0.25, 0.3) is 0 Å². The monoisotopic (exact) mass is 286 g/mol. The van der Waals surface area contributed by atoms with E-state index >= 15 is 0 Å². The van der Waals surface area contributed by atoms with Crippen LogP contribution in [0.15, 0.2) is 36.4 Å². The number of nitrogens with zero attached hydrogens (tertiary/aromatic N) is 2. The summed E-state index contributed by atoms with van der Waals surface area (Å²) in [5, 5.41) is 6.46. The summed E-state index contributed by atoms with van der Waals surface area (Å²) in [6, 6.07) is 11.7. The molecule has 1 saturated heterocycles. The summed E-state index contributed by atoms with van der Waals surface area (Å²) >= 11 is 0. The van der Waals surface area contributed by atoms with Gasteiger partial charge in [-0.1, -0.05) is 6.07 Å². The molecular formula is C16H19FN4. The molecule has 3 rings (SSSR count). The van der Waals surface area contributed by atoms with E-state index in [1.54, 1.807) is 19.1 Å². The van der Waals surface area contributed by atoms with E-state index in [2.05, 4.69) is 32.7 Å². The van der Waals surface area contributed by atoms with Gasteiger partial charge in [-0.05, 0) is 37.3 Å². The van der Waals surface area contributed by atoms with E-state index in [1.165, 1.54) is 5.69 Å². The number of pyridine rings is 1. The Bertz CT molecular complexity index is 606. The van der Waals surface area contributed by atoms with Crippen molar-refractivity contribution >= 4 is 17.2 Å². The molecule has 1 aromatic heterocycles. The maximum Gasteiger partial charge on any atom is 0.217 e. The van der Waals surface area contributed by atoms with Gasteiger partial charge < -0.3 is 15.5 Å². The Kier molecular flexibility index (Phi) is 4.01. The minimum absolute atomic E-state index is 0.433. The number of benzene rings is 1. The van der Waals surface area contributed by atoms with E-state index in [-0.39, 0.29) is 0 Å². The first kappa shape index (κ1) is 13.8. The fourth-order valence-electron chi connectivity index (χ4n) is 2.40. The van der Waals surface area contributed by atoms with Crippen molar-refractivity contribution < 1.29 is 4.39 Å². The highest BCUT2D eigenvalue weighted by Crippen LogP contribution is 2.21. The number of anilines is 3. The van der Waals surface area contributed by atoms with Gasteiger partial charge in [0.2, 0.25) is 5.95 Å². The number of nitrogens with one attached hydrogen (secondary N) is 2. The van der Waals surface area contributed by atoms with Gasteiger partial charge in [-0.3, -0.25) is 0 Å². The minimum atomic E-state index is -0.433. The third-order valence-corrected chi connectivity index (χ3v) is 3.66. The molecular weight excluding hydrogens is 267 g/mol. The summed E-state index contributed by atoms with van der Waals surface area (Å²) in [5.74, 6) is 0.0884. The van der Waals surface area contributed by atoms with Crippen molar-refractivity contribution in [3.8, 4) is 0 Å². The van der Waals surface area contributed by atoms with Crippen molar-refractivity contribution in [1.29, 1.82) is 0 Å². The molecule has 2 aromatic rings. The molecule has 4 nitrogen and oxygen atoms in total. The second-order valence-corrected chi connectivity index (χ2v) is 5.21. The van der Waals surface area contributed by atoms with Gasteiger partial charge in [0, 0.05) is 43.1 Å². The van der Waals surface area contributed by atoms with Crippen LogP contribution in [0.1, 0.15) is 5.56 Å². The standard InChI is InChI=1S/C16H19FN4/c1-12-2-7-15(20-16(12)17)19-13-3-5-14(6-4-13)21-10-8-18-9-11-21/h2-7,18H,8-11H2,1H3,(H,19,20). The molecule has 2 N–H and O–H groups in total. The smallest absolute Gasteiger partial charge is 0.217 e. The van der Waals surface area contributed by atoms with Crippen molar-refractivity contribution in [1.82, 2.24) is 10.3 Å². The Morgan fingerprint density at radius 2 is 1.81 bits per heavy atom. The van der Waals surface area contributed by atoms with E-state index in [4.69, 9.17) is 0 Å². The van der Waals surface area contributed by atoms with E-state index < -0.39 is 5.95 Å². The van der Waals surface area contributed by atoms with Gasteiger partial charge in [0.25, 0.3) is 0 Å². The van der Waals surface area contributed by atoms with Crippen LogP contribution in [0.3, 0.4) is 0 Å². The topological polar surface area (TPSA) is 40.2 Å². The molecule has 0 radical (unpaired) electrons. The molecule has 0 unspecified atom stereocenters.